The predicted molar refractivity (Wildman–Crippen MR) is 424 cm³/mol. The van der Waals surface area contributed by atoms with E-state index in [0.29, 0.717) is 87.3 Å². The largest absolute Gasteiger partial charge is 0.505 e. The van der Waals surface area contributed by atoms with Gasteiger partial charge in [-0.25, -0.2) is 41.5 Å². The average molecular weight is 1600 g/mol. The van der Waals surface area contributed by atoms with E-state index in [-0.39, 0.29) is 106 Å². The highest BCUT2D eigenvalue weighted by atomic mass is 19.1. The summed E-state index contributed by atoms with van der Waals surface area (Å²) in [5, 5.41) is 31.2. The fraction of sp³-hybridized carbons (Fsp3) is 0.213. The van der Waals surface area contributed by atoms with Crippen molar-refractivity contribution in [1.82, 2.24) is 19.9 Å². The monoisotopic (exact) mass is 1600 g/mol. The van der Waals surface area contributed by atoms with E-state index in [4.69, 9.17) is 43.4 Å². The lowest BCUT2D eigenvalue weighted by Crippen LogP contribution is -2.08. The maximum Gasteiger partial charge on any atom is 0.341 e. The highest BCUT2D eigenvalue weighted by molar-refractivity contribution is 6.06. The van der Waals surface area contributed by atoms with Gasteiger partial charge < -0.3 is 58.0 Å². The number of aromatic nitrogens is 4. The minimum Gasteiger partial charge on any atom is -0.505 e. The van der Waals surface area contributed by atoms with E-state index in [1.807, 2.05) is 18.2 Å². The third kappa shape index (κ3) is 22.6. The zero-order chi connectivity index (χ0) is 84.6. The number of hydrogen-bond acceptors (Lipinski definition) is 22. The number of carbonyl (C=O) groups excluding carboxylic acids is 6. The minimum atomic E-state index is -0.976. The first-order valence-electron chi connectivity index (χ1n) is 35.9. The summed E-state index contributed by atoms with van der Waals surface area (Å²) in [6.45, 7) is 0. The van der Waals surface area contributed by atoms with Crippen LogP contribution in [0.15, 0.2) is 176 Å². The summed E-state index contributed by atoms with van der Waals surface area (Å²) in [6.07, 6.45) is 12.2. The molecule has 4 aromatic heterocycles. The quantitative estimate of drug-likeness (QED) is 0.0196. The van der Waals surface area contributed by atoms with Crippen molar-refractivity contribution in [2.24, 2.45) is 0 Å². The molecule has 12 rings (SSSR count). The van der Waals surface area contributed by atoms with Gasteiger partial charge in [0.1, 0.15) is 67.6 Å². The summed E-state index contributed by atoms with van der Waals surface area (Å²) in [5.41, 5.74) is 11.8. The van der Waals surface area contributed by atoms with E-state index >= 15 is 0 Å². The lowest BCUT2D eigenvalue weighted by molar-refractivity contribution is -0.140. The molecule has 117 heavy (non-hydrogen) atoms. The molecule has 0 unspecified atom stereocenters. The number of halogens is 4. The lowest BCUT2D eigenvalue weighted by atomic mass is 9.96. The van der Waals surface area contributed by atoms with E-state index in [1.54, 1.807) is 104 Å². The number of phenolic OH excluding ortho intramolecular Hbond substituents is 1. The van der Waals surface area contributed by atoms with Gasteiger partial charge in [0.05, 0.1) is 64.0 Å². The molecule has 0 radical (unpaired) electrons. The van der Waals surface area contributed by atoms with E-state index < -0.39 is 41.8 Å². The fourth-order valence-corrected chi connectivity index (χ4v) is 12.7. The molecule has 12 aromatic rings. The van der Waals surface area contributed by atoms with E-state index in [1.165, 1.54) is 125 Å². The number of esters is 6. The van der Waals surface area contributed by atoms with Gasteiger partial charge in [0, 0.05) is 71.7 Å². The fourth-order valence-electron chi connectivity index (χ4n) is 12.7. The van der Waals surface area contributed by atoms with Crippen LogP contribution < -0.4 is 14.2 Å². The summed E-state index contributed by atoms with van der Waals surface area (Å²) >= 11 is 0. The number of methoxy groups -OCH3 is 9. The Balaban J connectivity index is 0.000000178. The number of aromatic hydroxyl groups is 1. The summed E-state index contributed by atoms with van der Waals surface area (Å²) in [6, 6.07) is 38.6. The van der Waals surface area contributed by atoms with Crippen molar-refractivity contribution in [2.75, 3.05) is 64.0 Å². The Kier molecular flexibility index (Phi) is 30.4. The van der Waals surface area contributed by atoms with E-state index in [2.05, 4.69) is 29.4 Å². The normalized spacial score (nSPS) is 10.8. The molecule has 4 heterocycles. The van der Waals surface area contributed by atoms with Gasteiger partial charge >= 0.3 is 47.8 Å². The van der Waals surface area contributed by atoms with Gasteiger partial charge in [0.15, 0.2) is 23.0 Å². The topological polar surface area (TPSA) is 332 Å². The van der Waals surface area contributed by atoms with Crippen LogP contribution in [0.25, 0.3) is 49.7 Å². The van der Waals surface area contributed by atoms with Gasteiger partial charge in [0.2, 0.25) is 0 Å². The van der Waals surface area contributed by atoms with Crippen molar-refractivity contribution in [1.29, 1.82) is 0 Å². The molecule has 0 amide bonds. The number of pyridine rings is 4. The molecule has 604 valence electrons. The van der Waals surface area contributed by atoms with Gasteiger partial charge in [-0.1, -0.05) is 48.5 Å². The van der Waals surface area contributed by atoms with Crippen LogP contribution in [-0.4, -0.2) is 147 Å². The van der Waals surface area contributed by atoms with Crippen molar-refractivity contribution in [3.8, 4) is 23.0 Å². The van der Waals surface area contributed by atoms with Gasteiger partial charge in [0.25, 0.3) is 0 Å². The zero-order valence-corrected chi connectivity index (χ0v) is 65.0. The first-order chi connectivity index (χ1) is 56.2. The number of benzene rings is 8. The van der Waals surface area contributed by atoms with Crippen LogP contribution in [0.5, 0.6) is 23.0 Å². The highest BCUT2D eigenvalue weighted by Gasteiger charge is 2.26. The van der Waals surface area contributed by atoms with Crippen LogP contribution in [0.3, 0.4) is 0 Å². The Labute approximate surface area is 668 Å². The third-order valence-corrected chi connectivity index (χ3v) is 18.4. The number of carbonyl (C=O) groups is 8. The summed E-state index contributed by atoms with van der Waals surface area (Å²) in [5.74, 6) is -5.91. The second kappa shape index (κ2) is 41.0. The van der Waals surface area contributed by atoms with Gasteiger partial charge in [-0.3, -0.25) is 34.3 Å². The van der Waals surface area contributed by atoms with Crippen LogP contribution in [0.4, 0.5) is 17.6 Å². The number of ether oxygens (including phenoxy) is 9. The van der Waals surface area contributed by atoms with Gasteiger partial charge in [-0.2, -0.15) is 0 Å². The number of carboxylic acid groups (broad SMARTS) is 2. The van der Waals surface area contributed by atoms with Crippen LogP contribution in [-0.2, 0) is 92.5 Å². The second-order valence-corrected chi connectivity index (χ2v) is 26.1. The molecule has 0 atom stereocenters. The Morgan fingerprint density at radius 1 is 0.342 bits per heavy atom. The summed E-state index contributed by atoms with van der Waals surface area (Å²) in [7, 11) is 12.0. The number of nitrogens with zero attached hydrogens (tertiary/aromatic N) is 4. The van der Waals surface area contributed by atoms with Gasteiger partial charge in [-0.05, 0) is 215 Å². The van der Waals surface area contributed by atoms with Crippen molar-refractivity contribution >= 4 is 97.4 Å². The number of aryl methyl sites for hydroxylation is 3. The first-order valence-corrected chi connectivity index (χ1v) is 35.9. The van der Waals surface area contributed by atoms with Crippen molar-refractivity contribution in [3.63, 3.8) is 0 Å². The Hall–Kier alpha value is -14.2. The summed E-state index contributed by atoms with van der Waals surface area (Å²) in [4.78, 5) is 112. The summed E-state index contributed by atoms with van der Waals surface area (Å²) < 4.78 is 97.5. The molecule has 8 aromatic carbocycles. The Morgan fingerprint density at radius 3 is 0.949 bits per heavy atom. The molecule has 0 aliphatic carbocycles. The third-order valence-electron chi connectivity index (χ3n) is 18.4. The smallest absolute Gasteiger partial charge is 0.341 e. The number of aliphatic carboxylic acids is 2. The molecule has 3 N–H and O–H groups in total. The van der Waals surface area contributed by atoms with Crippen LogP contribution in [0, 0.1) is 23.3 Å². The maximum absolute atomic E-state index is 13.2. The predicted octanol–water partition coefficient (Wildman–Crippen LogP) is 15.1. The van der Waals surface area contributed by atoms with Crippen LogP contribution >= 0.6 is 0 Å². The van der Waals surface area contributed by atoms with Crippen molar-refractivity contribution in [2.45, 2.75) is 64.2 Å². The first kappa shape index (κ1) is 86.8. The number of carboxylic acids is 2. The van der Waals surface area contributed by atoms with Crippen LogP contribution in [0.2, 0.25) is 0 Å². The van der Waals surface area contributed by atoms with Gasteiger partial charge in [-0.15, -0.1) is 0 Å². The molecule has 0 saturated carbocycles. The minimum absolute atomic E-state index is 0.0610. The Bertz CT molecular complexity index is 5710. The van der Waals surface area contributed by atoms with E-state index in [0.717, 1.165) is 55.5 Å². The Morgan fingerprint density at radius 2 is 0.632 bits per heavy atom. The molecule has 0 aliphatic rings. The number of hydrogen-bond donors (Lipinski definition) is 3. The number of fused-ring (bicyclic) bond motifs is 4. The average Bonchev–Trinajstić information content (AvgIpc) is 0.784. The SMILES string of the molecule is COC(=O)/C=C/c1cc(C(=O)OC)c(OC)c2ncc(Cc3ccc(F)cc3)cc12.COC(=O)CCc1cc(C(=O)OC)c(OC)c2ncc(Cc3ccc(F)cc3)cc12.COC(=O)c1cc(CCC(=O)O)c2cc(Cc3ccc(F)cc3)cnc2c1O.COC(=O)c1cc(CCC(=O)O)c2cc(Cc3ccc(F)cc3)cnc2c1OC. The molecular formula is C89H80F4N4O20. The van der Waals surface area contributed by atoms with Crippen LogP contribution in [0.1, 0.15) is 127 Å². The standard InChI is InChI=1S/C23H22FNO5.C23H20FNO5.C22H20FNO5.C21H18FNO5/c2*1-28-20(26)9-6-16-12-19(23(27)30-3)22(29-2)21-18(16)11-15(13-25-21)10-14-4-7-17(24)8-5-14;1-28-21-18(22(27)29-2)11-15(5-8-19(25)26)17-10-14(12-24-20(17)21)9-13-3-6-16(23)7-4-13;1-28-21(27)17-10-14(4-7-18(24)25)16-9-13(11-23-19(16)20(17)26)8-12-2-5-15(22)6-3-12/h4-5,7-8,11-13H,6,9-10H2,1-3H3;4-9,11-13H,10H2,1-3H3;3-4,6-7,10-12H,5,8-9H2,1-2H3,(H,25,26);2-3,5-6,9-11,26H,4,7-8H2,1H3,(H,24,25)/b;9-6+;;. The number of rotatable bonds is 26. The molecule has 0 saturated heterocycles. The molecular weight excluding hydrogens is 1520 g/mol. The molecule has 0 spiro atoms. The van der Waals surface area contributed by atoms with Crippen molar-refractivity contribution in [3.05, 3.63) is 289 Å². The highest BCUT2D eigenvalue weighted by Crippen LogP contribution is 2.38. The molecule has 0 aliphatic heterocycles. The number of phenols is 1. The van der Waals surface area contributed by atoms with Crippen molar-refractivity contribution < 1.29 is 114 Å². The lowest BCUT2D eigenvalue weighted by Gasteiger charge is -2.15. The zero-order valence-electron chi connectivity index (χ0n) is 65.0. The molecule has 24 nitrogen and oxygen atoms in total. The van der Waals surface area contributed by atoms with E-state index in [9.17, 15) is 61.0 Å². The maximum atomic E-state index is 13.2. The molecule has 28 heteroatoms. The molecule has 0 bridgehead atoms. The molecule has 0 fully saturated rings. The second-order valence-electron chi connectivity index (χ2n) is 26.1.